The summed E-state index contributed by atoms with van der Waals surface area (Å²) in [5.41, 5.74) is 1.56. The van der Waals surface area contributed by atoms with Crippen LogP contribution in [0.15, 0.2) is 72.8 Å². The van der Waals surface area contributed by atoms with Crippen LogP contribution in [0, 0.1) is 28.9 Å². The van der Waals surface area contributed by atoms with Crippen LogP contribution in [-0.4, -0.2) is 105 Å². The molecule has 1 aromatic heterocycles. The van der Waals surface area contributed by atoms with Gasteiger partial charge in [0, 0.05) is 49.9 Å². The summed E-state index contributed by atoms with van der Waals surface area (Å²) in [4.78, 5) is 74.7. The number of halogens is 2. The van der Waals surface area contributed by atoms with Gasteiger partial charge in [-0.15, -0.1) is 0 Å². The van der Waals surface area contributed by atoms with E-state index in [1.54, 1.807) is 38.7 Å². The van der Waals surface area contributed by atoms with Crippen LogP contribution in [0.25, 0.3) is 11.4 Å². The zero-order valence-electron chi connectivity index (χ0n) is 43.6. The van der Waals surface area contributed by atoms with Crippen molar-refractivity contribution in [1.82, 2.24) is 40.5 Å². The lowest BCUT2D eigenvalue weighted by Crippen LogP contribution is -2.55. The molecule has 0 radical (unpaired) electrons. The third-order valence-corrected chi connectivity index (χ3v) is 13.2. The maximum atomic E-state index is 14.8. The van der Waals surface area contributed by atoms with Crippen molar-refractivity contribution in [3.8, 4) is 11.4 Å². The molecule has 0 bridgehead atoms. The van der Waals surface area contributed by atoms with Crippen molar-refractivity contribution in [2.75, 3.05) is 38.0 Å². The zero-order chi connectivity index (χ0) is 52.7. The number of aromatic nitrogens is 3. The van der Waals surface area contributed by atoms with Gasteiger partial charge in [0.05, 0.1) is 31.3 Å². The van der Waals surface area contributed by atoms with Gasteiger partial charge in [-0.25, -0.2) is 28.0 Å². The van der Waals surface area contributed by atoms with Crippen molar-refractivity contribution in [3.05, 3.63) is 101 Å². The summed E-state index contributed by atoms with van der Waals surface area (Å²) < 4.78 is 42.3. The number of anilines is 1. The van der Waals surface area contributed by atoms with Crippen LogP contribution in [0.4, 0.5) is 24.1 Å². The van der Waals surface area contributed by atoms with Crippen molar-refractivity contribution >= 4 is 35.5 Å². The number of rotatable bonds is 23. The molecule has 18 heteroatoms. The van der Waals surface area contributed by atoms with E-state index in [1.165, 1.54) is 37.8 Å². The molecule has 73 heavy (non-hydrogen) atoms. The molecule has 1 aliphatic carbocycles. The highest BCUT2D eigenvalue weighted by Gasteiger charge is 2.41. The second-order valence-electron chi connectivity index (χ2n) is 21.0. The highest BCUT2D eigenvalue weighted by molar-refractivity contribution is 5.96. The number of hydrogen-bond acceptors (Lipinski definition) is 9. The molecule has 0 spiro atoms. The normalized spacial score (nSPS) is 16.8. The minimum Gasteiger partial charge on any atom is -0.445 e. The molecule has 396 valence electrons. The lowest BCUT2D eigenvalue weighted by atomic mass is 9.82. The number of morpholine rings is 1. The Hall–Kier alpha value is -6.43. The number of amides is 6. The first-order chi connectivity index (χ1) is 34.8. The van der Waals surface area contributed by atoms with Gasteiger partial charge < -0.3 is 40.5 Å². The summed E-state index contributed by atoms with van der Waals surface area (Å²) in [7, 11) is 0. The quantitative estimate of drug-likeness (QED) is 0.0526. The van der Waals surface area contributed by atoms with Crippen LogP contribution in [0.5, 0.6) is 0 Å². The summed E-state index contributed by atoms with van der Waals surface area (Å²) >= 11 is 0. The van der Waals surface area contributed by atoms with E-state index >= 15 is 0 Å². The molecule has 16 nitrogen and oxygen atoms in total. The summed E-state index contributed by atoms with van der Waals surface area (Å²) in [5.74, 6) is -1.36. The van der Waals surface area contributed by atoms with Crippen molar-refractivity contribution in [1.29, 1.82) is 0 Å². The lowest BCUT2D eigenvalue weighted by Gasteiger charge is -2.44. The molecule has 6 rings (SSSR count). The molecule has 3 aromatic carbocycles. The number of nitrogens with zero attached hydrogens (tertiary/aromatic N) is 5. The maximum absolute atomic E-state index is 14.8. The van der Waals surface area contributed by atoms with Gasteiger partial charge in [0.15, 0.2) is 11.6 Å². The first-order valence-electron chi connectivity index (χ1n) is 25.9. The van der Waals surface area contributed by atoms with Crippen LogP contribution in [0.1, 0.15) is 129 Å². The number of benzene rings is 3. The van der Waals surface area contributed by atoms with E-state index in [1.807, 2.05) is 78.8 Å². The Labute approximate surface area is 428 Å². The highest BCUT2D eigenvalue weighted by Crippen LogP contribution is 2.40. The van der Waals surface area contributed by atoms with Crippen molar-refractivity contribution in [3.63, 3.8) is 0 Å². The van der Waals surface area contributed by atoms with E-state index < -0.39 is 47.0 Å². The minimum atomic E-state index is -0.768. The van der Waals surface area contributed by atoms with Gasteiger partial charge in [0.1, 0.15) is 24.3 Å². The van der Waals surface area contributed by atoms with Gasteiger partial charge >= 0.3 is 12.1 Å². The molecule has 4 atom stereocenters. The van der Waals surface area contributed by atoms with E-state index in [2.05, 4.69) is 21.3 Å². The number of carbonyl (C=O) groups is 5. The fourth-order valence-corrected chi connectivity index (χ4v) is 9.34. The molecule has 2 fully saturated rings. The van der Waals surface area contributed by atoms with E-state index in [4.69, 9.17) is 19.6 Å². The van der Waals surface area contributed by atoms with Gasteiger partial charge in [-0.05, 0) is 79.3 Å². The monoisotopic (exact) mass is 1010 g/mol. The second-order valence-corrected chi connectivity index (χ2v) is 21.0. The molecular weight excluding hydrogens is 937 g/mol. The van der Waals surface area contributed by atoms with E-state index in [9.17, 15) is 32.8 Å². The summed E-state index contributed by atoms with van der Waals surface area (Å²) in [6.07, 6.45) is 7.72. The first kappa shape index (κ1) is 55.9. The predicted octanol–water partition coefficient (Wildman–Crippen LogP) is 9.15. The molecule has 1 saturated carbocycles. The number of ether oxygens (including phenoxy) is 2. The number of carbonyl (C=O) groups excluding carboxylic acids is 5. The number of nitrogens with one attached hydrogen (secondary N) is 4. The SMILES string of the molecule is CC(C)C(NC(=O)CCCCCC1CCC1)C(=O)NCC(=O)Nc1ccc(COC(=O)NCCCN(C(=O)N2C[C@@H](C)O[C@@H](C)C2)[C@@H](c2nc(-c3cc(F)cc(F)c3)nn2Cc2ccccc2)C(C)(C)C)cc1. The standard InChI is InChI=1S/C55H75F2N9O7/c1-36(2)48(61-46(67)21-13-9-10-16-39-19-14-20-39)52(69)59-31-47(68)60-45-24-22-41(23-25-45)35-72-53(70)58-26-15-27-65(54(71)64-32-37(3)73-38(4)33-64)49(55(5,6)7)51-62-50(42-28-43(56)30-44(57)29-42)63-66(51)34-40-17-11-8-12-18-40/h8,11-12,17-18,22-25,28-30,36-39,48-49H,9-10,13-16,19-21,26-27,31-35H2,1-7H3,(H,58,70)(H,59,69)(H,60,68)(H,61,67)/t37-,38+,48?,49-/m0/s1. The number of urea groups is 1. The molecule has 4 N–H and O–H groups in total. The van der Waals surface area contributed by atoms with Gasteiger partial charge in [0.25, 0.3) is 0 Å². The predicted molar refractivity (Wildman–Crippen MR) is 275 cm³/mol. The molecule has 1 aliphatic heterocycles. The van der Waals surface area contributed by atoms with E-state index in [0.717, 1.165) is 36.8 Å². The van der Waals surface area contributed by atoms with Crippen molar-refractivity contribution in [2.24, 2.45) is 17.3 Å². The summed E-state index contributed by atoms with van der Waals surface area (Å²) in [6.45, 7) is 14.5. The second kappa shape index (κ2) is 26.5. The van der Waals surface area contributed by atoms with Crippen molar-refractivity contribution in [2.45, 2.75) is 144 Å². The van der Waals surface area contributed by atoms with Crippen LogP contribution in [0.3, 0.4) is 0 Å². The van der Waals surface area contributed by atoms with Gasteiger partial charge in [-0.3, -0.25) is 14.4 Å². The molecule has 4 aromatic rings. The molecule has 2 aliphatic rings. The van der Waals surface area contributed by atoms with Crippen LogP contribution in [-0.2, 0) is 37.0 Å². The van der Waals surface area contributed by atoms with Crippen LogP contribution in [0.2, 0.25) is 0 Å². The Morgan fingerprint density at radius 2 is 1.53 bits per heavy atom. The summed E-state index contributed by atoms with van der Waals surface area (Å²) in [5, 5.41) is 15.8. The fraction of sp³-hybridized carbons (Fsp3) is 0.545. The van der Waals surface area contributed by atoms with E-state index in [0.29, 0.717) is 43.0 Å². The maximum Gasteiger partial charge on any atom is 0.407 e. The van der Waals surface area contributed by atoms with Gasteiger partial charge in [-0.2, -0.15) is 5.10 Å². The van der Waals surface area contributed by atoms with Gasteiger partial charge in [-0.1, -0.05) is 116 Å². The molecule has 1 unspecified atom stereocenters. The zero-order valence-corrected chi connectivity index (χ0v) is 43.6. The molecule has 2 heterocycles. The average Bonchev–Trinajstić information content (AvgIpc) is 3.72. The first-order valence-corrected chi connectivity index (χ1v) is 25.9. The Bertz CT molecular complexity index is 2430. The average molecular weight is 1010 g/mol. The summed E-state index contributed by atoms with van der Waals surface area (Å²) in [6, 6.07) is 17.8. The van der Waals surface area contributed by atoms with E-state index in [-0.39, 0.29) is 74.2 Å². The minimum absolute atomic E-state index is 0.0579. The Kier molecular flexibility index (Phi) is 20.3. The molecule has 1 saturated heterocycles. The molecular formula is C55H75F2N9O7. The van der Waals surface area contributed by atoms with Crippen molar-refractivity contribution < 1.29 is 42.2 Å². The number of unbranched alkanes of at least 4 members (excludes halogenated alkanes) is 2. The smallest absolute Gasteiger partial charge is 0.407 e. The number of hydrogen-bond donors (Lipinski definition) is 4. The van der Waals surface area contributed by atoms with Crippen LogP contribution >= 0.6 is 0 Å². The highest BCUT2D eigenvalue weighted by atomic mass is 19.1. The lowest BCUT2D eigenvalue weighted by molar-refractivity contribution is -0.130. The Balaban J connectivity index is 1.03. The Morgan fingerprint density at radius 3 is 2.16 bits per heavy atom. The third-order valence-electron chi connectivity index (χ3n) is 13.2. The molecule has 6 amide bonds. The number of alkyl carbamates (subject to hydrolysis) is 1. The topological polar surface area (TPSA) is 189 Å². The van der Waals surface area contributed by atoms with Crippen LogP contribution < -0.4 is 21.3 Å². The van der Waals surface area contributed by atoms with Gasteiger partial charge in [0.2, 0.25) is 17.7 Å². The third kappa shape index (κ3) is 17.1. The largest absolute Gasteiger partial charge is 0.445 e. The Morgan fingerprint density at radius 1 is 0.849 bits per heavy atom. The fourth-order valence-electron chi connectivity index (χ4n) is 9.34.